The van der Waals surface area contributed by atoms with Crippen LogP contribution in [0.2, 0.25) is 0 Å². The summed E-state index contributed by atoms with van der Waals surface area (Å²) in [6, 6.07) is 14.1. The van der Waals surface area contributed by atoms with Gasteiger partial charge in [-0.3, -0.25) is 0 Å². The maximum absolute atomic E-state index is 5.85. The van der Waals surface area contributed by atoms with Crippen LogP contribution in [0.5, 0.6) is 0 Å². The van der Waals surface area contributed by atoms with Crippen molar-refractivity contribution in [1.82, 2.24) is 25.0 Å². The molecule has 136 valence electrons. The summed E-state index contributed by atoms with van der Waals surface area (Å²) in [6.07, 6.45) is 2.36. The van der Waals surface area contributed by atoms with E-state index in [1.165, 1.54) is 12.8 Å². The van der Waals surface area contributed by atoms with E-state index in [2.05, 4.69) is 22.3 Å². The molecule has 1 fully saturated rings. The summed E-state index contributed by atoms with van der Waals surface area (Å²) in [5, 5.41) is 15.8. The summed E-state index contributed by atoms with van der Waals surface area (Å²) in [5.74, 6) is 2.71. The molecule has 6 nitrogen and oxygen atoms in total. The molecule has 1 unspecified atom stereocenters. The predicted molar refractivity (Wildman–Crippen MR) is 105 cm³/mol. The van der Waals surface area contributed by atoms with Crippen LogP contribution in [-0.4, -0.2) is 25.0 Å². The van der Waals surface area contributed by atoms with E-state index < -0.39 is 0 Å². The summed E-state index contributed by atoms with van der Waals surface area (Å²) < 4.78 is 7.82. The van der Waals surface area contributed by atoms with E-state index in [4.69, 9.17) is 14.5 Å². The number of hydrogen-bond acceptors (Lipinski definition) is 7. The monoisotopic (exact) mass is 395 g/mol. The molecule has 4 aromatic rings. The van der Waals surface area contributed by atoms with Crippen LogP contribution >= 0.6 is 23.1 Å². The number of hydrogen-bond donors (Lipinski definition) is 0. The SMILES string of the molecule is CC(Sc1nc(C2CC2)n(-c2ccccc2)n1)c1nnc(-c2cccs2)o1. The first-order chi connectivity index (χ1) is 13.3. The third-order valence-electron chi connectivity index (χ3n) is 4.36. The van der Waals surface area contributed by atoms with E-state index >= 15 is 0 Å². The zero-order chi connectivity index (χ0) is 18.2. The normalized spacial score (nSPS) is 15.1. The van der Waals surface area contributed by atoms with Crippen LogP contribution in [0.4, 0.5) is 0 Å². The molecule has 1 atom stereocenters. The Morgan fingerprint density at radius 3 is 2.74 bits per heavy atom. The Kier molecular flexibility index (Phi) is 4.29. The van der Waals surface area contributed by atoms with E-state index in [0.29, 0.717) is 17.7 Å². The Bertz CT molecular complexity index is 1040. The molecular formula is C19H17N5OS2. The van der Waals surface area contributed by atoms with Gasteiger partial charge < -0.3 is 4.42 Å². The number of rotatable bonds is 6. The molecule has 1 aromatic carbocycles. The first-order valence-corrected chi connectivity index (χ1v) is 10.6. The molecule has 1 saturated carbocycles. The van der Waals surface area contributed by atoms with Gasteiger partial charge >= 0.3 is 0 Å². The van der Waals surface area contributed by atoms with Crippen LogP contribution in [0.15, 0.2) is 57.4 Å². The molecule has 0 spiro atoms. The lowest BCUT2D eigenvalue weighted by molar-refractivity contribution is 0.510. The number of nitrogens with zero attached hydrogens (tertiary/aromatic N) is 5. The van der Waals surface area contributed by atoms with Crippen LogP contribution in [0.1, 0.15) is 42.6 Å². The quantitative estimate of drug-likeness (QED) is 0.423. The molecular weight excluding hydrogens is 378 g/mol. The van der Waals surface area contributed by atoms with Crippen LogP contribution in [0, 0.1) is 0 Å². The van der Waals surface area contributed by atoms with Crippen LogP contribution < -0.4 is 0 Å². The van der Waals surface area contributed by atoms with Gasteiger partial charge in [-0.2, -0.15) is 0 Å². The molecule has 1 aliphatic rings. The Morgan fingerprint density at radius 1 is 1.15 bits per heavy atom. The second kappa shape index (κ2) is 6.94. The highest BCUT2D eigenvalue weighted by molar-refractivity contribution is 7.99. The number of thioether (sulfide) groups is 1. The highest BCUT2D eigenvalue weighted by Gasteiger charge is 2.31. The third kappa shape index (κ3) is 3.42. The Morgan fingerprint density at radius 2 is 2.00 bits per heavy atom. The van der Waals surface area contributed by atoms with Crippen molar-refractivity contribution in [3.8, 4) is 16.5 Å². The van der Waals surface area contributed by atoms with Gasteiger partial charge in [-0.15, -0.1) is 26.6 Å². The van der Waals surface area contributed by atoms with Crippen LogP contribution in [0.3, 0.4) is 0 Å². The Balaban J connectivity index is 1.39. The minimum absolute atomic E-state index is 0.0233. The van der Waals surface area contributed by atoms with Gasteiger partial charge in [0.25, 0.3) is 5.89 Å². The summed E-state index contributed by atoms with van der Waals surface area (Å²) in [5.41, 5.74) is 1.05. The molecule has 8 heteroatoms. The number of aromatic nitrogens is 5. The van der Waals surface area contributed by atoms with Gasteiger partial charge in [-0.25, -0.2) is 9.67 Å². The van der Waals surface area contributed by atoms with E-state index in [1.807, 2.05) is 47.3 Å². The first-order valence-electron chi connectivity index (χ1n) is 8.84. The highest BCUT2D eigenvalue weighted by atomic mass is 32.2. The van der Waals surface area contributed by atoms with Gasteiger partial charge in [0.05, 0.1) is 15.8 Å². The van der Waals surface area contributed by atoms with Gasteiger partial charge in [0.15, 0.2) is 0 Å². The average Bonchev–Trinajstić information content (AvgIpc) is 3.11. The molecule has 0 bridgehead atoms. The van der Waals surface area contributed by atoms with Crippen molar-refractivity contribution in [2.75, 3.05) is 0 Å². The first kappa shape index (κ1) is 16.7. The lowest BCUT2D eigenvalue weighted by Gasteiger charge is -2.04. The second-order valence-corrected chi connectivity index (χ2v) is 8.71. The molecule has 0 N–H and O–H groups in total. The number of thiophene rings is 1. The smallest absolute Gasteiger partial charge is 0.257 e. The maximum Gasteiger partial charge on any atom is 0.257 e. The lowest BCUT2D eigenvalue weighted by atomic mass is 10.3. The molecule has 27 heavy (non-hydrogen) atoms. The van der Waals surface area contributed by atoms with Gasteiger partial charge in [0.1, 0.15) is 5.82 Å². The highest BCUT2D eigenvalue weighted by Crippen LogP contribution is 2.42. The van der Waals surface area contributed by atoms with Gasteiger partial charge in [0, 0.05) is 5.92 Å². The van der Waals surface area contributed by atoms with E-state index in [9.17, 15) is 0 Å². The molecule has 3 heterocycles. The molecule has 5 rings (SSSR count). The number of benzene rings is 1. The second-order valence-electron chi connectivity index (χ2n) is 6.46. The fraction of sp³-hybridized carbons (Fsp3) is 0.263. The summed E-state index contributed by atoms with van der Waals surface area (Å²) in [7, 11) is 0. The topological polar surface area (TPSA) is 69.6 Å². The van der Waals surface area contributed by atoms with Gasteiger partial charge in [-0.1, -0.05) is 36.0 Å². The standard InChI is InChI=1S/C19H17N5OS2/c1-12(17-21-22-18(25-17)15-8-5-11-26-15)27-19-20-16(13-9-10-13)24(23-19)14-6-3-2-4-7-14/h2-8,11-13H,9-10H2,1H3. The molecule has 0 saturated heterocycles. The molecule has 1 aliphatic carbocycles. The molecule has 0 aliphatic heterocycles. The minimum atomic E-state index is -0.0233. The van der Waals surface area contributed by atoms with Crippen molar-refractivity contribution < 1.29 is 4.42 Å². The fourth-order valence-corrected chi connectivity index (χ4v) is 4.26. The average molecular weight is 396 g/mol. The maximum atomic E-state index is 5.85. The molecule has 0 amide bonds. The number of para-hydroxylation sites is 1. The van der Waals surface area contributed by atoms with Crippen LogP contribution in [0.25, 0.3) is 16.5 Å². The molecule has 3 aromatic heterocycles. The zero-order valence-corrected chi connectivity index (χ0v) is 16.3. The lowest BCUT2D eigenvalue weighted by Crippen LogP contribution is -2.01. The van der Waals surface area contributed by atoms with Crippen LogP contribution in [-0.2, 0) is 0 Å². The van der Waals surface area contributed by atoms with E-state index in [0.717, 1.165) is 21.5 Å². The Labute approximate surface area is 164 Å². The van der Waals surface area contributed by atoms with Gasteiger partial charge in [0.2, 0.25) is 11.0 Å². The summed E-state index contributed by atoms with van der Waals surface area (Å²) >= 11 is 3.13. The van der Waals surface area contributed by atoms with E-state index in [1.54, 1.807) is 23.1 Å². The zero-order valence-electron chi connectivity index (χ0n) is 14.6. The summed E-state index contributed by atoms with van der Waals surface area (Å²) in [6.45, 7) is 2.04. The van der Waals surface area contributed by atoms with Crippen molar-refractivity contribution in [3.63, 3.8) is 0 Å². The van der Waals surface area contributed by atoms with Crippen molar-refractivity contribution in [1.29, 1.82) is 0 Å². The minimum Gasteiger partial charge on any atom is -0.419 e. The van der Waals surface area contributed by atoms with Crippen molar-refractivity contribution in [3.05, 3.63) is 59.6 Å². The third-order valence-corrected chi connectivity index (χ3v) is 6.16. The fourth-order valence-electron chi connectivity index (χ4n) is 2.83. The Hall–Kier alpha value is -2.45. The van der Waals surface area contributed by atoms with Crippen molar-refractivity contribution in [2.24, 2.45) is 0 Å². The van der Waals surface area contributed by atoms with Crippen molar-refractivity contribution >= 4 is 23.1 Å². The van der Waals surface area contributed by atoms with E-state index in [-0.39, 0.29) is 5.25 Å². The largest absolute Gasteiger partial charge is 0.419 e. The van der Waals surface area contributed by atoms with Crippen molar-refractivity contribution in [2.45, 2.75) is 36.1 Å². The molecule has 0 radical (unpaired) electrons. The van der Waals surface area contributed by atoms with Gasteiger partial charge in [-0.05, 0) is 43.3 Å². The summed E-state index contributed by atoms with van der Waals surface area (Å²) in [4.78, 5) is 5.78. The predicted octanol–water partition coefficient (Wildman–Crippen LogP) is 5.11.